The lowest BCUT2D eigenvalue weighted by Gasteiger charge is -2.48. The molecule has 1 saturated carbocycles. The average molecular weight is 244 g/mol. The Labute approximate surface area is 108 Å². The maximum absolute atomic E-state index is 11.7. The van der Waals surface area contributed by atoms with Crippen molar-refractivity contribution in [1.29, 1.82) is 0 Å². The third-order valence-electron chi connectivity index (χ3n) is 5.12. The van der Waals surface area contributed by atoms with E-state index in [0.29, 0.717) is 17.5 Å². The lowest BCUT2D eigenvalue weighted by Crippen LogP contribution is -2.43. The number of ketones is 1. The average Bonchev–Trinajstić information content (AvgIpc) is 2.38. The Hall–Kier alpha value is -1.31. The first-order valence-electron chi connectivity index (χ1n) is 7.00. The SMILES string of the molecule is CC[C@@]12CCC(=O)CC1CCc1cc(O)ccc12. The summed E-state index contributed by atoms with van der Waals surface area (Å²) in [5.41, 5.74) is 2.88. The molecular formula is C16H20O2. The zero-order valence-electron chi connectivity index (χ0n) is 10.9. The van der Waals surface area contributed by atoms with Crippen molar-refractivity contribution in [1.82, 2.24) is 0 Å². The van der Waals surface area contributed by atoms with Crippen LogP contribution in [0.1, 0.15) is 50.2 Å². The number of Topliss-reactive ketones (excluding diaryl/α,β-unsaturated/α-hetero) is 1. The fourth-order valence-corrected chi connectivity index (χ4v) is 4.13. The second-order valence-corrected chi connectivity index (χ2v) is 5.83. The van der Waals surface area contributed by atoms with E-state index in [9.17, 15) is 9.90 Å². The number of phenols is 1. The molecule has 1 aromatic rings. The second-order valence-electron chi connectivity index (χ2n) is 5.83. The number of carbonyl (C=O) groups is 1. The van der Waals surface area contributed by atoms with E-state index in [1.165, 1.54) is 11.1 Å². The molecule has 3 rings (SSSR count). The Morgan fingerprint density at radius 2 is 2.22 bits per heavy atom. The van der Waals surface area contributed by atoms with Gasteiger partial charge in [-0.3, -0.25) is 4.79 Å². The van der Waals surface area contributed by atoms with Gasteiger partial charge in [-0.25, -0.2) is 0 Å². The minimum Gasteiger partial charge on any atom is -0.508 e. The van der Waals surface area contributed by atoms with Gasteiger partial charge in [-0.2, -0.15) is 0 Å². The molecule has 1 N–H and O–H groups in total. The summed E-state index contributed by atoms with van der Waals surface area (Å²) < 4.78 is 0. The summed E-state index contributed by atoms with van der Waals surface area (Å²) in [4.78, 5) is 11.7. The molecule has 0 amide bonds. The van der Waals surface area contributed by atoms with Crippen LogP contribution in [0.25, 0.3) is 0 Å². The molecule has 0 saturated heterocycles. The molecule has 1 unspecified atom stereocenters. The van der Waals surface area contributed by atoms with Crippen LogP contribution in [0.3, 0.4) is 0 Å². The molecule has 2 heteroatoms. The Bertz CT molecular complexity index is 492. The molecular weight excluding hydrogens is 224 g/mol. The summed E-state index contributed by atoms with van der Waals surface area (Å²) in [6, 6.07) is 5.81. The van der Waals surface area contributed by atoms with Crippen LogP contribution in [0, 0.1) is 5.92 Å². The van der Waals surface area contributed by atoms with E-state index < -0.39 is 0 Å². The van der Waals surface area contributed by atoms with Gasteiger partial charge in [0.25, 0.3) is 0 Å². The summed E-state index contributed by atoms with van der Waals surface area (Å²) in [7, 11) is 0. The van der Waals surface area contributed by atoms with Gasteiger partial charge in [-0.05, 0) is 60.3 Å². The molecule has 96 valence electrons. The monoisotopic (exact) mass is 244 g/mol. The maximum atomic E-state index is 11.7. The lowest BCUT2D eigenvalue weighted by molar-refractivity contribution is -0.123. The van der Waals surface area contributed by atoms with Gasteiger partial charge in [0.2, 0.25) is 0 Å². The smallest absolute Gasteiger partial charge is 0.133 e. The highest BCUT2D eigenvalue weighted by molar-refractivity contribution is 5.80. The number of rotatable bonds is 1. The minimum atomic E-state index is 0.190. The molecule has 1 aromatic carbocycles. The number of aryl methyl sites for hydroxylation is 1. The summed E-state index contributed by atoms with van der Waals surface area (Å²) in [5, 5.41) is 9.63. The van der Waals surface area contributed by atoms with Crippen LogP contribution >= 0.6 is 0 Å². The van der Waals surface area contributed by atoms with Gasteiger partial charge in [0, 0.05) is 12.8 Å². The quantitative estimate of drug-likeness (QED) is 0.822. The van der Waals surface area contributed by atoms with Crippen molar-refractivity contribution in [3.8, 4) is 5.75 Å². The predicted octanol–water partition coefficient (Wildman–Crippen LogP) is 3.36. The highest BCUT2D eigenvalue weighted by Gasteiger charge is 2.46. The number of phenolic OH excluding ortho intramolecular Hbond substituents is 1. The lowest BCUT2D eigenvalue weighted by atomic mass is 9.56. The van der Waals surface area contributed by atoms with Crippen LogP contribution in [0.4, 0.5) is 0 Å². The summed E-state index contributed by atoms with van der Waals surface area (Å²) in [6.07, 6.45) is 5.67. The van der Waals surface area contributed by atoms with Crippen LogP contribution in [-0.2, 0) is 16.6 Å². The predicted molar refractivity (Wildman–Crippen MR) is 70.7 cm³/mol. The Morgan fingerprint density at radius 3 is 3.00 bits per heavy atom. The van der Waals surface area contributed by atoms with Crippen molar-refractivity contribution < 1.29 is 9.90 Å². The van der Waals surface area contributed by atoms with Gasteiger partial charge in [0.05, 0.1) is 0 Å². The molecule has 0 spiro atoms. The minimum absolute atomic E-state index is 0.190. The normalized spacial score (nSPS) is 30.7. The Morgan fingerprint density at radius 1 is 1.39 bits per heavy atom. The molecule has 0 aromatic heterocycles. The third-order valence-corrected chi connectivity index (χ3v) is 5.12. The fraction of sp³-hybridized carbons (Fsp3) is 0.562. The van der Waals surface area contributed by atoms with Gasteiger partial charge >= 0.3 is 0 Å². The largest absolute Gasteiger partial charge is 0.508 e. The van der Waals surface area contributed by atoms with Crippen molar-refractivity contribution in [3.05, 3.63) is 29.3 Å². The van der Waals surface area contributed by atoms with Crippen molar-refractivity contribution >= 4 is 5.78 Å². The van der Waals surface area contributed by atoms with Gasteiger partial charge in [-0.15, -0.1) is 0 Å². The van der Waals surface area contributed by atoms with E-state index in [4.69, 9.17) is 0 Å². The first-order valence-corrected chi connectivity index (χ1v) is 7.00. The fourth-order valence-electron chi connectivity index (χ4n) is 4.13. The first-order chi connectivity index (χ1) is 8.65. The standard InChI is InChI=1S/C16H20O2/c1-2-16-8-7-14(18)10-12(16)4-3-11-9-13(17)5-6-15(11)16/h5-6,9,12,17H,2-4,7-8,10H2,1H3/t12?,16-/m1/s1. The van der Waals surface area contributed by atoms with Crippen molar-refractivity contribution in [2.75, 3.05) is 0 Å². The molecule has 2 nitrogen and oxygen atoms in total. The third kappa shape index (κ3) is 1.58. The highest BCUT2D eigenvalue weighted by atomic mass is 16.3. The maximum Gasteiger partial charge on any atom is 0.133 e. The van der Waals surface area contributed by atoms with Crippen LogP contribution in [-0.4, -0.2) is 10.9 Å². The highest BCUT2D eigenvalue weighted by Crippen LogP contribution is 2.51. The van der Waals surface area contributed by atoms with Gasteiger partial charge in [0.1, 0.15) is 11.5 Å². The number of fused-ring (bicyclic) bond motifs is 3. The number of hydrogen-bond donors (Lipinski definition) is 1. The number of carbonyl (C=O) groups excluding carboxylic acids is 1. The second kappa shape index (κ2) is 4.11. The summed E-state index contributed by atoms with van der Waals surface area (Å²) >= 11 is 0. The molecule has 0 radical (unpaired) electrons. The number of hydrogen-bond acceptors (Lipinski definition) is 2. The van der Waals surface area contributed by atoms with Crippen molar-refractivity contribution in [2.24, 2.45) is 5.92 Å². The molecule has 0 heterocycles. The van der Waals surface area contributed by atoms with E-state index in [0.717, 1.165) is 38.5 Å². The molecule has 0 aliphatic heterocycles. The Balaban J connectivity index is 2.10. The molecule has 2 aliphatic carbocycles. The molecule has 2 aliphatic rings. The summed E-state index contributed by atoms with van der Waals surface area (Å²) in [6.45, 7) is 2.24. The molecule has 0 bridgehead atoms. The van der Waals surface area contributed by atoms with Crippen LogP contribution in [0.2, 0.25) is 0 Å². The zero-order chi connectivity index (χ0) is 12.8. The van der Waals surface area contributed by atoms with Gasteiger partial charge in [-0.1, -0.05) is 13.0 Å². The van der Waals surface area contributed by atoms with Crippen molar-refractivity contribution in [3.63, 3.8) is 0 Å². The Kier molecular flexibility index (Phi) is 2.69. The van der Waals surface area contributed by atoms with Gasteiger partial charge < -0.3 is 5.11 Å². The molecule has 18 heavy (non-hydrogen) atoms. The molecule has 1 fully saturated rings. The number of benzene rings is 1. The topological polar surface area (TPSA) is 37.3 Å². The van der Waals surface area contributed by atoms with Crippen LogP contribution in [0.15, 0.2) is 18.2 Å². The van der Waals surface area contributed by atoms with E-state index in [-0.39, 0.29) is 5.41 Å². The van der Waals surface area contributed by atoms with E-state index in [1.807, 2.05) is 6.07 Å². The van der Waals surface area contributed by atoms with Crippen LogP contribution in [0.5, 0.6) is 5.75 Å². The van der Waals surface area contributed by atoms with E-state index >= 15 is 0 Å². The summed E-state index contributed by atoms with van der Waals surface area (Å²) in [5.74, 6) is 1.32. The van der Waals surface area contributed by atoms with Gasteiger partial charge in [0.15, 0.2) is 0 Å². The molecule has 2 atom stereocenters. The number of aromatic hydroxyl groups is 1. The van der Waals surface area contributed by atoms with Crippen LogP contribution < -0.4 is 0 Å². The van der Waals surface area contributed by atoms with E-state index in [1.54, 1.807) is 6.07 Å². The first kappa shape index (κ1) is 11.8. The van der Waals surface area contributed by atoms with E-state index in [2.05, 4.69) is 13.0 Å². The zero-order valence-corrected chi connectivity index (χ0v) is 10.9. The van der Waals surface area contributed by atoms with Crippen molar-refractivity contribution in [2.45, 2.75) is 50.9 Å².